The molecule has 4 aromatic rings. The number of ether oxygens (including phenoxy) is 2. The van der Waals surface area contributed by atoms with Crippen LogP contribution in [0, 0.1) is 23.6 Å². The number of amides is 2. The molecule has 0 saturated carbocycles. The highest BCUT2D eigenvalue weighted by molar-refractivity contribution is 6.01. The monoisotopic (exact) mass is 772 g/mol. The van der Waals surface area contributed by atoms with E-state index in [1.54, 1.807) is 31.4 Å². The van der Waals surface area contributed by atoms with Gasteiger partial charge in [0, 0.05) is 74.2 Å². The van der Waals surface area contributed by atoms with Crippen molar-refractivity contribution < 1.29 is 33.4 Å². The zero-order valence-electron chi connectivity index (χ0n) is 32.7. The lowest BCUT2D eigenvalue weighted by Gasteiger charge is -2.36. The van der Waals surface area contributed by atoms with Gasteiger partial charge in [0.05, 0.1) is 25.9 Å². The number of aromatic hydroxyl groups is 1. The van der Waals surface area contributed by atoms with Crippen molar-refractivity contribution in [3.8, 4) is 29.1 Å². The van der Waals surface area contributed by atoms with Crippen molar-refractivity contribution in [2.45, 2.75) is 50.1 Å². The summed E-state index contributed by atoms with van der Waals surface area (Å²) in [5.74, 6) is 7.44. The first-order chi connectivity index (χ1) is 27.7. The first-order valence-corrected chi connectivity index (χ1v) is 19.6. The summed E-state index contributed by atoms with van der Waals surface area (Å²) in [5.41, 5.74) is 5.60. The van der Waals surface area contributed by atoms with Gasteiger partial charge in [-0.3, -0.25) is 14.5 Å². The second-order valence-electron chi connectivity index (χ2n) is 15.2. The maximum Gasteiger partial charge on any atom is 0.255 e. The molecule has 0 bridgehead atoms. The molecular formula is C46H49FN4O6. The molecule has 3 unspecified atom stereocenters. The number of nitrogens with zero attached hydrogens (tertiary/aromatic N) is 3. The van der Waals surface area contributed by atoms with E-state index in [1.807, 2.05) is 54.6 Å². The van der Waals surface area contributed by atoms with Crippen molar-refractivity contribution in [3.05, 3.63) is 118 Å². The van der Waals surface area contributed by atoms with Crippen LogP contribution in [0.4, 0.5) is 10.1 Å². The molecule has 0 radical (unpaired) electrons. The summed E-state index contributed by atoms with van der Waals surface area (Å²) in [6, 6.07) is 23.5. The molecule has 2 N–H and O–H groups in total. The van der Waals surface area contributed by atoms with Crippen LogP contribution in [0.25, 0.3) is 0 Å². The third-order valence-electron chi connectivity index (χ3n) is 11.5. The lowest BCUT2D eigenvalue weighted by atomic mass is 9.75. The normalized spacial score (nSPS) is 18.2. The van der Waals surface area contributed by atoms with Crippen LogP contribution in [-0.4, -0.2) is 93.0 Å². The van der Waals surface area contributed by atoms with Crippen molar-refractivity contribution >= 4 is 23.8 Å². The zero-order chi connectivity index (χ0) is 40.1. The lowest BCUT2D eigenvalue weighted by molar-refractivity contribution is -0.125. The molecule has 4 aromatic carbocycles. The SMILES string of the molecule is CNC(=O)C(CCC=O)N1Cc2cc(C#CCN(C)CC3CCN(c4ccc(C5c6ccc(O)cc6OCC5c5cccc(OC)c5)cc4F)CC3)ccc2C1=O. The fourth-order valence-electron chi connectivity index (χ4n) is 8.58. The number of aldehydes is 1. The fraction of sp³-hybridized carbons (Fsp3) is 0.370. The van der Waals surface area contributed by atoms with Gasteiger partial charge in [-0.15, -0.1) is 0 Å². The first kappa shape index (κ1) is 39.4. The Morgan fingerprint density at radius 1 is 1.09 bits per heavy atom. The molecule has 3 heterocycles. The Hall–Kier alpha value is -5.86. The number of anilines is 1. The number of rotatable bonds is 12. The van der Waals surface area contributed by atoms with E-state index >= 15 is 4.39 Å². The Bertz CT molecular complexity index is 2190. The Kier molecular flexibility index (Phi) is 12.1. The topological polar surface area (TPSA) is 112 Å². The quantitative estimate of drug-likeness (QED) is 0.132. The highest BCUT2D eigenvalue weighted by atomic mass is 19.1. The summed E-state index contributed by atoms with van der Waals surface area (Å²) in [4.78, 5) is 42.5. The van der Waals surface area contributed by atoms with Crippen molar-refractivity contribution in [2.24, 2.45) is 5.92 Å². The Balaban J connectivity index is 0.953. The van der Waals surface area contributed by atoms with Crippen LogP contribution in [0.5, 0.6) is 17.2 Å². The number of phenolic OH excluding ortho intramolecular Hbond substituents is 1. The summed E-state index contributed by atoms with van der Waals surface area (Å²) in [6.45, 7) is 3.65. The minimum atomic E-state index is -0.702. The summed E-state index contributed by atoms with van der Waals surface area (Å²) in [7, 11) is 5.23. The zero-order valence-corrected chi connectivity index (χ0v) is 32.7. The van der Waals surface area contributed by atoms with E-state index in [0.29, 0.717) is 42.6 Å². The minimum Gasteiger partial charge on any atom is -0.508 e. The van der Waals surface area contributed by atoms with Crippen molar-refractivity contribution in [3.63, 3.8) is 0 Å². The number of carbonyl (C=O) groups is 3. The molecule has 57 heavy (non-hydrogen) atoms. The van der Waals surface area contributed by atoms with Gasteiger partial charge >= 0.3 is 0 Å². The summed E-state index contributed by atoms with van der Waals surface area (Å²) >= 11 is 0. The molecule has 3 aliphatic rings. The number of hydrogen-bond acceptors (Lipinski definition) is 8. The predicted molar refractivity (Wildman–Crippen MR) is 216 cm³/mol. The number of methoxy groups -OCH3 is 1. The molecule has 0 spiro atoms. The Morgan fingerprint density at radius 2 is 1.91 bits per heavy atom. The molecule has 7 rings (SSSR count). The summed E-state index contributed by atoms with van der Waals surface area (Å²) in [5, 5.41) is 12.8. The molecule has 296 valence electrons. The van der Waals surface area contributed by atoms with E-state index in [2.05, 4.69) is 34.0 Å². The Morgan fingerprint density at radius 3 is 2.67 bits per heavy atom. The molecule has 3 atom stereocenters. The molecular weight excluding hydrogens is 724 g/mol. The number of likely N-dealkylation sites (N-methyl/N-ethyl adjacent to an activating group) is 1. The van der Waals surface area contributed by atoms with Gasteiger partial charge in [0.25, 0.3) is 5.91 Å². The summed E-state index contributed by atoms with van der Waals surface area (Å²) < 4.78 is 27.7. The number of benzene rings is 4. The average molecular weight is 773 g/mol. The van der Waals surface area contributed by atoms with E-state index in [1.165, 1.54) is 11.9 Å². The molecule has 1 fully saturated rings. The van der Waals surface area contributed by atoms with Crippen LogP contribution in [-0.2, 0) is 16.1 Å². The highest BCUT2D eigenvalue weighted by Crippen LogP contribution is 2.48. The number of fused-ring (bicyclic) bond motifs is 2. The number of phenols is 1. The first-order valence-electron chi connectivity index (χ1n) is 19.6. The molecule has 0 aliphatic carbocycles. The second-order valence-corrected chi connectivity index (χ2v) is 15.2. The van der Waals surface area contributed by atoms with Gasteiger partial charge < -0.3 is 34.5 Å². The van der Waals surface area contributed by atoms with Crippen LogP contribution in [0.1, 0.15) is 75.7 Å². The molecule has 3 aliphatic heterocycles. The van der Waals surface area contributed by atoms with Gasteiger partial charge in [0.2, 0.25) is 5.91 Å². The third-order valence-corrected chi connectivity index (χ3v) is 11.5. The smallest absolute Gasteiger partial charge is 0.255 e. The van der Waals surface area contributed by atoms with E-state index in [-0.39, 0.29) is 48.1 Å². The van der Waals surface area contributed by atoms with E-state index < -0.39 is 6.04 Å². The third kappa shape index (κ3) is 8.61. The van der Waals surface area contributed by atoms with E-state index in [9.17, 15) is 19.5 Å². The molecule has 10 nitrogen and oxygen atoms in total. The van der Waals surface area contributed by atoms with E-state index in [0.717, 1.165) is 72.3 Å². The Labute approximate surface area is 333 Å². The van der Waals surface area contributed by atoms with E-state index in [4.69, 9.17) is 9.47 Å². The van der Waals surface area contributed by atoms with Gasteiger partial charge in [-0.2, -0.15) is 0 Å². The van der Waals surface area contributed by atoms with Crippen LogP contribution in [0.2, 0.25) is 0 Å². The second kappa shape index (κ2) is 17.5. The summed E-state index contributed by atoms with van der Waals surface area (Å²) in [6.07, 6.45) is 3.11. The van der Waals surface area contributed by atoms with Gasteiger partial charge in [-0.1, -0.05) is 36.1 Å². The minimum absolute atomic E-state index is 0.0835. The largest absolute Gasteiger partial charge is 0.508 e. The van der Waals surface area contributed by atoms with Crippen LogP contribution < -0.4 is 19.7 Å². The van der Waals surface area contributed by atoms with Crippen LogP contribution in [0.15, 0.2) is 78.9 Å². The molecule has 11 heteroatoms. The van der Waals surface area contributed by atoms with Crippen LogP contribution >= 0.6 is 0 Å². The van der Waals surface area contributed by atoms with Crippen molar-refractivity contribution in [2.75, 3.05) is 58.9 Å². The fourth-order valence-corrected chi connectivity index (χ4v) is 8.58. The van der Waals surface area contributed by atoms with Gasteiger partial charge in [-0.25, -0.2) is 4.39 Å². The number of carbonyl (C=O) groups excluding carboxylic acids is 3. The standard InChI is InChI=1S/C46H49FN4O6/c1-48-45(54)42(10-6-22-52)51-28-34-23-30(11-14-37(34)46(51)55)7-5-19-49(2)27-31-17-20-50(21-18-31)41-16-12-33(25-40(41)47)44-38-15-13-35(53)26-43(38)57-29-39(44)32-8-4-9-36(24-32)56-3/h4,8-9,11-16,22-26,31,39,42,44,53H,6,10,17-21,27-29H2,1-3H3,(H,48,54). The lowest BCUT2D eigenvalue weighted by Crippen LogP contribution is -2.46. The molecule has 1 saturated heterocycles. The molecule has 2 amide bonds. The highest BCUT2D eigenvalue weighted by Gasteiger charge is 2.37. The maximum atomic E-state index is 16.1. The van der Waals surface area contributed by atoms with Crippen LogP contribution in [0.3, 0.4) is 0 Å². The van der Waals surface area contributed by atoms with Crippen molar-refractivity contribution in [1.82, 2.24) is 15.1 Å². The number of piperidine rings is 1. The average Bonchev–Trinajstić information content (AvgIpc) is 3.55. The molecule has 0 aromatic heterocycles. The number of halogens is 1. The van der Waals surface area contributed by atoms with Gasteiger partial charge in [-0.05, 0) is 97.4 Å². The van der Waals surface area contributed by atoms with Gasteiger partial charge in [0.15, 0.2) is 0 Å². The van der Waals surface area contributed by atoms with Gasteiger partial charge in [0.1, 0.15) is 35.4 Å². The maximum absolute atomic E-state index is 16.1. The number of nitrogens with one attached hydrogen (secondary N) is 1. The predicted octanol–water partition coefficient (Wildman–Crippen LogP) is 6.10. The van der Waals surface area contributed by atoms with Crippen molar-refractivity contribution in [1.29, 1.82) is 0 Å². The number of hydrogen-bond donors (Lipinski definition) is 2.